The van der Waals surface area contributed by atoms with E-state index in [1.807, 2.05) is 23.1 Å². The number of fused-ring (bicyclic) bond motifs is 4. The van der Waals surface area contributed by atoms with E-state index in [0.717, 1.165) is 27.7 Å². The third-order valence-electron chi connectivity index (χ3n) is 7.19. The van der Waals surface area contributed by atoms with E-state index in [1.165, 1.54) is 5.56 Å². The van der Waals surface area contributed by atoms with Crippen molar-refractivity contribution in [3.8, 4) is 0 Å². The molecule has 4 aromatic rings. The summed E-state index contributed by atoms with van der Waals surface area (Å²) < 4.78 is 5.45. The van der Waals surface area contributed by atoms with Crippen molar-refractivity contribution < 1.29 is 14.0 Å². The van der Waals surface area contributed by atoms with Crippen LogP contribution in [0.5, 0.6) is 0 Å². The number of H-pyrrole nitrogens is 1. The van der Waals surface area contributed by atoms with E-state index in [-0.39, 0.29) is 24.4 Å². The van der Waals surface area contributed by atoms with E-state index in [1.54, 1.807) is 17.2 Å². The van der Waals surface area contributed by atoms with Crippen molar-refractivity contribution in [2.45, 2.75) is 44.8 Å². The largest absolute Gasteiger partial charge is 0.467 e. The van der Waals surface area contributed by atoms with Crippen LogP contribution in [0.3, 0.4) is 0 Å². The number of para-hydroxylation sites is 1. The first-order valence-corrected chi connectivity index (χ1v) is 11.8. The van der Waals surface area contributed by atoms with Crippen LogP contribution >= 0.6 is 0 Å². The van der Waals surface area contributed by atoms with Crippen LogP contribution in [0.2, 0.25) is 0 Å². The normalized spacial score (nSPS) is 20.2. The van der Waals surface area contributed by atoms with Crippen LogP contribution < -0.4 is 0 Å². The van der Waals surface area contributed by atoms with E-state index in [9.17, 15) is 9.59 Å². The van der Waals surface area contributed by atoms with Gasteiger partial charge >= 0.3 is 0 Å². The zero-order valence-corrected chi connectivity index (χ0v) is 19.3. The average molecular weight is 454 g/mol. The van der Waals surface area contributed by atoms with Crippen LogP contribution in [-0.2, 0) is 22.6 Å². The third kappa shape index (κ3) is 3.24. The molecule has 6 heteroatoms. The van der Waals surface area contributed by atoms with Crippen molar-refractivity contribution in [3.63, 3.8) is 0 Å². The highest BCUT2D eigenvalue weighted by atomic mass is 16.3. The molecule has 1 unspecified atom stereocenters. The summed E-state index contributed by atoms with van der Waals surface area (Å²) in [4.78, 5) is 34.3. The maximum Gasteiger partial charge on any atom is 0.246 e. The molecule has 6 nitrogen and oxygen atoms in total. The van der Waals surface area contributed by atoms with Crippen LogP contribution in [0.25, 0.3) is 10.9 Å². The molecule has 2 atom stereocenters. The molecule has 0 bridgehead atoms. The third-order valence-corrected chi connectivity index (χ3v) is 7.19. The highest BCUT2D eigenvalue weighted by Crippen LogP contribution is 2.42. The molecule has 2 aromatic carbocycles. The Morgan fingerprint density at radius 3 is 2.56 bits per heavy atom. The Kier molecular flexibility index (Phi) is 4.83. The van der Waals surface area contributed by atoms with Gasteiger partial charge in [0.25, 0.3) is 0 Å². The lowest BCUT2D eigenvalue weighted by Gasteiger charge is -2.47. The number of hydrogen-bond acceptors (Lipinski definition) is 3. The summed E-state index contributed by atoms with van der Waals surface area (Å²) in [5.74, 6) is 1.03. The summed E-state index contributed by atoms with van der Waals surface area (Å²) in [6.07, 6.45) is 2.09. The molecule has 34 heavy (non-hydrogen) atoms. The predicted molar refractivity (Wildman–Crippen MR) is 129 cm³/mol. The first kappa shape index (κ1) is 20.8. The van der Waals surface area contributed by atoms with Crippen molar-refractivity contribution in [3.05, 3.63) is 95.1 Å². The van der Waals surface area contributed by atoms with Gasteiger partial charge in [-0.15, -0.1) is 0 Å². The minimum Gasteiger partial charge on any atom is -0.467 e. The number of rotatable bonds is 4. The lowest BCUT2D eigenvalue weighted by molar-refractivity contribution is -0.159. The van der Waals surface area contributed by atoms with Gasteiger partial charge in [0.2, 0.25) is 11.8 Å². The number of nitrogens with one attached hydrogen (secondary N) is 1. The maximum atomic E-state index is 13.7. The fourth-order valence-electron chi connectivity index (χ4n) is 5.46. The first-order chi connectivity index (χ1) is 16.5. The van der Waals surface area contributed by atoms with Crippen molar-refractivity contribution in [2.75, 3.05) is 6.54 Å². The number of benzene rings is 2. The second-order valence-electron chi connectivity index (χ2n) is 9.58. The van der Waals surface area contributed by atoms with Gasteiger partial charge in [0.1, 0.15) is 18.3 Å². The van der Waals surface area contributed by atoms with Crippen molar-refractivity contribution >= 4 is 22.7 Å². The minimum absolute atomic E-state index is 0.0317. The Bertz CT molecular complexity index is 1370. The number of amides is 2. The van der Waals surface area contributed by atoms with Gasteiger partial charge in [-0.2, -0.15) is 0 Å². The van der Waals surface area contributed by atoms with E-state index in [4.69, 9.17) is 4.42 Å². The molecule has 1 fully saturated rings. The number of furan rings is 1. The number of nitrogens with zero attached hydrogens (tertiary/aromatic N) is 2. The smallest absolute Gasteiger partial charge is 0.246 e. The topological polar surface area (TPSA) is 69.5 Å². The van der Waals surface area contributed by atoms with Crippen LogP contribution in [0, 0.1) is 0 Å². The van der Waals surface area contributed by atoms with Crippen LogP contribution in [0.1, 0.15) is 54.0 Å². The molecule has 0 spiro atoms. The number of piperazine rings is 1. The second-order valence-corrected chi connectivity index (χ2v) is 9.58. The highest BCUT2D eigenvalue weighted by Gasteiger charge is 2.48. The second kappa shape index (κ2) is 7.90. The molecule has 2 aromatic heterocycles. The number of aromatic nitrogens is 1. The Hall–Kier alpha value is -3.80. The van der Waals surface area contributed by atoms with E-state index in [0.29, 0.717) is 24.6 Å². The number of carbonyl (C=O) groups excluding carboxylic acids is 2. The van der Waals surface area contributed by atoms with Gasteiger partial charge in [0.15, 0.2) is 0 Å². The van der Waals surface area contributed by atoms with E-state index >= 15 is 0 Å². The zero-order chi connectivity index (χ0) is 23.4. The van der Waals surface area contributed by atoms with Gasteiger partial charge < -0.3 is 19.2 Å². The fraction of sp³-hybridized carbons (Fsp3) is 0.286. The molecule has 2 aliphatic heterocycles. The van der Waals surface area contributed by atoms with Crippen molar-refractivity contribution in [2.24, 2.45) is 0 Å². The lowest BCUT2D eigenvalue weighted by Crippen LogP contribution is -2.62. The van der Waals surface area contributed by atoms with Crippen molar-refractivity contribution in [1.29, 1.82) is 0 Å². The van der Waals surface area contributed by atoms with Gasteiger partial charge in [0.05, 0.1) is 18.8 Å². The molecular weight excluding hydrogens is 426 g/mol. The molecule has 0 saturated carbocycles. The molecule has 2 amide bonds. The summed E-state index contributed by atoms with van der Waals surface area (Å²) >= 11 is 0. The quantitative estimate of drug-likeness (QED) is 0.484. The fourth-order valence-corrected chi connectivity index (χ4v) is 5.46. The Balaban J connectivity index is 1.46. The molecule has 1 saturated heterocycles. The number of carbonyl (C=O) groups is 2. The van der Waals surface area contributed by atoms with Crippen molar-refractivity contribution in [1.82, 2.24) is 14.8 Å². The summed E-state index contributed by atoms with van der Waals surface area (Å²) in [6.45, 7) is 4.69. The van der Waals surface area contributed by atoms with Gasteiger partial charge in [0, 0.05) is 23.0 Å². The molecule has 1 N–H and O–H groups in total. The standard InChI is InChI=1S/C28H27N3O3/c1-17(2)18-9-11-19(12-10-18)27-26-22(21-7-3-4-8-23(21)29-26)14-24-28(33)30(16-25(32)31(24)27)15-20-6-5-13-34-20/h3-13,17,24,27,29H,14-16H2,1-2H3/t24-,27?/m0/s1. The Morgan fingerprint density at radius 1 is 1.03 bits per heavy atom. The SMILES string of the molecule is CC(C)c1ccc(C2c3[nH]c4ccccc4c3C[C@H]3C(=O)N(Cc4ccco4)CC(=O)N23)cc1. The summed E-state index contributed by atoms with van der Waals surface area (Å²) in [5.41, 5.74) is 5.43. The van der Waals surface area contributed by atoms with E-state index < -0.39 is 6.04 Å². The Labute approximate surface area is 198 Å². The molecule has 6 rings (SSSR count). The lowest BCUT2D eigenvalue weighted by atomic mass is 9.85. The summed E-state index contributed by atoms with van der Waals surface area (Å²) in [7, 11) is 0. The Morgan fingerprint density at radius 2 is 1.82 bits per heavy atom. The first-order valence-electron chi connectivity index (χ1n) is 11.8. The van der Waals surface area contributed by atoms with Crippen LogP contribution in [-0.4, -0.2) is 39.2 Å². The van der Waals surface area contributed by atoms with Gasteiger partial charge in [-0.25, -0.2) is 0 Å². The summed E-state index contributed by atoms with van der Waals surface area (Å²) in [6, 6.07) is 19.4. The molecule has 172 valence electrons. The molecular formula is C28H27N3O3. The maximum absolute atomic E-state index is 13.7. The minimum atomic E-state index is -0.544. The van der Waals surface area contributed by atoms with Crippen LogP contribution in [0.15, 0.2) is 71.3 Å². The number of aromatic amines is 1. The van der Waals surface area contributed by atoms with Gasteiger partial charge in [-0.3, -0.25) is 9.59 Å². The molecule has 0 radical (unpaired) electrons. The van der Waals surface area contributed by atoms with E-state index in [2.05, 4.69) is 55.2 Å². The van der Waals surface area contributed by atoms with Crippen LogP contribution in [0.4, 0.5) is 0 Å². The highest BCUT2D eigenvalue weighted by molar-refractivity contribution is 5.97. The zero-order valence-electron chi connectivity index (χ0n) is 19.3. The predicted octanol–water partition coefficient (Wildman–Crippen LogP) is 4.77. The van der Waals surface area contributed by atoms with Gasteiger partial charge in [-0.1, -0.05) is 56.3 Å². The molecule has 0 aliphatic carbocycles. The summed E-state index contributed by atoms with van der Waals surface area (Å²) in [5, 5.41) is 1.12. The average Bonchev–Trinajstić information content (AvgIpc) is 3.49. The molecule has 4 heterocycles. The number of hydrogen-bond donors (Lipinski definition) is 1. The van der Waals surface area contributed by atoms with Gasteiger partial charge in [-0.05, 0) is 40.8 Å². The monoisotopic (exact) mass is 453 g/mol. The molecule has 2 aliphatic rings.